The van der Waals surface area contributed by atoms with Gasteiger partial charge < -0.3 is 20.9 Å². The molecule has 1 aromatic carbocycles. The number of nitrogens with zero attached hydrogens (tertiary/aromatic N) is 5. The molecule has 0 bridgehead atoms. The summed E-state index contributed by atoms with van der Waals surface area (Å²) in [6.07, 6.45) is 6.50. The smallest absolute Gasteiger partial charge is 0.274 e. The molecule has 2 aliphatic heterocycles. The number of aromatic nitrogens is 3. The maximum atomic E-state index is 14.2. The summed E-state index contributed by atoms with van der Waals surface area (Å²) < 4.78 is 1.68. The summed E-state index contributed by atoms with van der Waals surface area (Å²) in [6, 6.07) is 7.21. The molecule has 1 aromatic heterocycles. The zero-order valence-electron chi connectivity index (χ0n) is 24.8. The first-order valence-corrected chi connectivity index (χ1v) is 15.1. The number of fused-ring (bicyclic) bond motifs is 2. The normalized spacial score (nSPS) is 24.2. The lowest BCUT2D eigenvalue weighted by Crippen LogP contribution is -2.56. The van der Waals surface area contributed by atoms with Gasteiger partial charge in [0, 0.05) is 18.7 Å². The van der Waals surface area contributed by atoms with E-state index in [1.807, 2.05) is 45.0 Å². The second-order valence-corrected chi connectivity index (χ2v) is 13.7. The number of nitrogens with one attached hydrogen (secondary N) is 3. The van der Waals surface area contributed by atoms with Crippen LogP contribution in [0.25, 0.3) is 0 Å². The number of anilines is 1. The molecule has 4 atom stereocenters. The van der Waals surface area contributed by atoms with Crippen molar-refractivity contribution < 1.29 is 19.2 Å². The van der Waals surface area contributed by atoms with E-state index >= 15 is 0 Å². The van der Waals surface area contributed by atoms with Crippen LogP contribution in [0.15, 0.2) is 30.5 Å². The lowest BCUT2D eigenvalue weighted by atomic mass is 9.80. The first-order valence-electron chi connectivity index (χ1n) is 15.1. The van der Waals surface area contributed by atoms with E-state index < -0.39 is 41.3 Å². The molecule has 12 nitrogen and oxygen atoms in total. The molecule has 6 rings (SSSR count). The molecule has 2 aromatic rings. The topological polar surface area (TPSA) is 162 Å². The molecular weight excluding hydrogens is 548 g/mol. The molecule has 0 unspecified atom stereocenters. The second-order valence-electron chi connectivity index (χ2n) is 13.7. The van der Waals surface area contributed by atoms with Crippen molar-refractivity contribution in [1.82, 2.24) is 30.5 Å². The molecule has 4 aliphatic rings. The van der Waals surface area contributed by atoms with Crippen molar-refractivity contribution in [2.75, 3.05) is 11.9 Å². The van der Waals surface area contributed by atoms with Gasteiger partial charge in [-0.2, -0.15) is 5.26 Å². The zero-order valence-corrected chi connectivity index (χ0v) is 24.8. The SMILES string of the molecule is CC(C)(C)C[C@H](NC(=O)[C@H](CC1CC1)NC(=O)c1cn(C2CC2)nn1)C(=O)N1C[C@]2(C[C@H]1C#N)C(=O)Nc1ccccc12. The quantitative estimate of drug-likeness (QED) is 0.406. The molecular formula is C31H38N8O4. The van der Waals surface area contributed by atoms with Crippen LogP contribution in [0.5, 0.6) is 0 Å². The lowest BCUT2D eigenvalue weighted by Gasteiger charge is -2.32. The fraction of sp³-hybridized carbons (Fsp3) is 0.581. The number of para-hydroxylation sites is 1. The Morgan fingerprint density at radius 3 is 2.56 bits per heavy atom. The average molecular weight is 587 g/mol. The largest absolute Gasteiger partial charge is 0.342 e. The van der Waals surface area contributed by atoms with Crippen LogP contribution in [0.2, 0.25) is 0 Å². The van der Waals surface area contributed by atoms with Gasteiger partial charge in [-0.3, -0.25) is 19.2 Å². The first-order chi connectivity index (χ1) is 20.5. The minimum absolute atomic E-state index is 0.0440. The Morgan fingerprint density at radius 1 is 1.14 bits per heavy atom. The maximum absolute atomic E-state index is 14.2. The van der Waals surface area contributed by atoms with Crippen LogP contribution in [-0.2, 0) is 19.8 Å². The van der Waals surface area contributed by atoms with Gasteiger partial charge in [0.1, 0.15) is 18.1 Å². The summed E-state index contributed by atoms with van der Waals surface area (Å²) in [5, 5.41) is 26.8. The van der Waals surface area contributed by atoms with E-state index in [0.29, 0.717) is 24.4 Å². The van der Waals surface area contributed by atoms with Gasteiger partial charge in [-0.1, -0.05) is 57.0 Å². The maximum Gasteiger partial charge on any atom is 0.274 e. The third kappa shape index (κ3) is 5.85. The molecule has 3 heterocycles. The van der Waals surface area contributed by atoms with Crippen molar-refractivity contribution in [3.63, 3.8) is 0 Å². The minimum atomic E-state index is -1.02. The number of hydrogen-bond donors (Lipinski definition) is 3. The number of likely N-dealkylation sites (tertiary alicyclic amines) is 1. The van der Waals surface area contributed by atoms with E-state index in [1.54, 1.807) is 10.9 Å². The van der Waals surface area contributed by atoms with Gasteiger partial charge in [0.15, 0.2) is 5.69 Å². The molecule has 1 saturated heterocycles. The highest BCUT2D eigenvalue weighted by atomic mass is 16.2. The van der Waals surface area contributed by atoms with Crippen LogP contribution in [0.3, 0.4) is 0 Å². The lowest BCUT2D eigenvalue weighted by molar-refractivity contribution is -0.138. The minimum Gasteiger partial charge on any atom is -0.342 e. The van der Waals surface area contributed by atoms with Crippen LogP contribution in [0, 0.1) is 22.7 Å². The number of amides is 4. The van der Waals surface area contributed by atoms with Crippen molar-refractivity contribution in [1.29, 1.82) is 5.26 Å². The summed E-state index contributed by atoms with van der Waals surface area (Å²) >= 11 is 0. The Morgan fingerprint density at radius 2 is 1.88 bits per heavy atom. The molecule has 3 fully saturated rings. The second kappa shape index (κ2) is 10.8. The predicted molar refractivity (Wildman–Crippen MR) is 155 cm³/mol. The number of rotatable bonds is 9. The zero-order chi connectivity index (χ0) is 30.5. The summed E-state index contributed by atoms with van der Waals surface area (Å²) in [4.78, 5) is 55.7. The molecule has 4 amide bonds. The summed E-state index contributed by atoms with van der Waals surface area (Å²) in [7, 11) is 0. The Balaban J connectivity index is 1.21. The molecule has 226 valence electrons. The van der Waals surface area contributed by atoms with Crippen molar-refractivity contribution in [2.24, 2.45) is 11.3 Å². The summed E-state index contributed by atoms with van der Waals surface area (Å²) in [5.41, 5.74) is 0.244. The fourth-order valence-electron chi connectivity index (χ4n) is 6.32. The number of nitriles is 1. The summed E-state index contributed by atoms with van der Waals surface area (Å²) in [6.45, 7) is 5.96. The van der Waals surface area contributed by atoms with Gasteiger partial charge in [-0.15, -0.1) is 5.10 Å². The van der Waals surface area contributed by atoms with Crippen LogP contribution < -0.4 is 16.0 Å². The molecule has 2 saturated carbocycles. The number of carbonyl (C=O) groups is 4. The predicted octanol–water partition coefficient (Wildman–Crippen LogP) is 2.45. The number of hydrogen-bond acceptors (Lipinski definition) is 7. The molecule has 1 spiro atoms. The Hall–Kier alpha value is -4.27. The van der Waals surface area contributed by atoms with Gasteiger partial charge >= 0.3 is 0 Å². The first kappa shape index (κ1) is 28.8. The average Bonchev–Trinajstić information content (AvgIpc) is 3.87. The molecule has 43 heavy (non-hydrogen) atoms. The van der Waals surface area contributed by atoms with E-state index in [0.717, 1.165) is 31.2 Å². The molecule has 2 aliphatic carbocycles. The molecule has 0 radical (unpaired) electrons. The Kier molecular flexibility index (Phi) is 7.22. The standard InChI is InChI=1S/C31H38N8O4/c1-30(2,3)14-24(28(42)38-17-31(13-20(38)15-32)21-6-4-5-7-22(21)35-29(31)43)34-26(40)23(12-18-8-9-18)33-27(41)25-16-39(37-36-25)19-10-11-19/h4-7,16,18-20,23-24H,8-14,17H2,1-3H3,(H,33,41)(H,34,40)(H,35,43)/t20-,23-,24-,31-/m0/s1. The van der Waals surface area contributed by atoms with E-state index in [2.05, 4.69) is 32.3 Å². The fourth-order valence-corrected chi connectivity index (χ4v) is 6.32. The van der Waals surface area contributed by atoms with Gasteiger partial charge in [0.2, 0.25) is 17.7 Å². The Labute approximate surface area is 250 Å². The van der Waals surface area contributed by atoms with Gasteiger partial charge in [-0.05, 0) is 48.6 Å². The van der Waals surface area contributed by atoms with Crippen molar-refractivity contribution in [2.45, 2.75) is 95.3 Å². The number of carbonyl (C=O) groups excluding carboxylic acids is 4. The van der Waals surface area contributed by atoms with Crippen molar-refractivity contribution in [3.05, 3.63) is 41.7 Å². The highest BCUT2D eigenvalue weighted by Crippen LogP contribution is 2.46. The van der Waals surface area contributed by atoms with Gasteiger partial charge in [0.25, 0.3) is 5.91 Å². The van der Waals surface area contributed by atoms with Crippen LogP contribution in [0.4, 0.5) is 5.69 Å². The van der Waals surface area contributed by atoms with Gasteiger partial charge in [0.05, 0.1) is 23.7 Å². The Bertz CT molecular complexity index is 1500. The third-order valence-corrected chi connectivity index (χ3v) is 8.90. The van der Waals surface area contributed by atoms with Crippen molar-refractivity contribution in [3.8, 4) is 6.07 Å². The van der Waals surface area contributed by atoms with Crippen LogP contribution >= 0.6 is 0 Å². The molecule has 3 N–H and O–H groups in total. The van der Waals surface area contributed by atoms with E-state index in [4.69, 9.17) is 0 Å². The monoisotopic (exact) mass is 586 g/mol. The van der Waals surface area contributed by atoms with E-state index in [1.165, 1.54) is 4.90 Å². The number of benzene rings is 1. The van der Waals surface area contributed by atoms with Crippen LogP contribution in [-0.4, -0.2) is 68.2 Å². The highest BCUT2D eigenvalue weighted by Gasteiger charge is 2.56. The summed E-state index contributed by atoms with van der Waals surface area (Å²) in [5.74, 6) is -1.26. The van der Waals surface area contributed by atoms with E-state index in [-0.39, 0.29) is 36.0 Å². The van der Waals surface area contributed by atoms with E-state index in [9.17, 15) is 24.4 Å². The van der Waals surface area contributed by atoms with Crippen molar-refractivity contribution >= 4 is 29.3 Å². The molecule has 12 heteroatoms. The van der Waals surface area contributed by atoms with Crippen LogP contribution in [0.1, 0.15) is 87.8 Å². The highest BCUT2D eigenvalue weighted by molar-refractivity contribution is 6.07. The van der Waals surface area contributed by atoms with Gasteiger partial charge in [-0.25, -0.2) is 4.68 Å². The third-order valence-electron chi connectivity index (χ3n) is 8.90.